The second-order valence-electron chi connectivity index (χ2n) is 6.19. The van der Waals surface area contributed by atoms with E-state index >= 15 is 0 Å². The standard InChI is InChI=1S/C15H25N3O4/c1-4-22-14(21)18-9-7-17(8-10-18)13(20)15(5-6-15)12(19)16-11(2)3/h11H,4-10H2,1-3H3,(H,16,19). The third-order valence-electron chi connectivity index (χ3n) is 4.11. The van der Waals surface area contributed by atoms with Gasteiger partial charge in [-0.1, -0.05) is 0 Å². The highest BCUT2D eigenvalue weighted by Crippen LogP contribution is 2.47. The van der Waals surface area contributed by atoms with Crippen LogP contribution in [0, 0.1) is 5.41 Å². The van der Waals surface area contributed by atoms with Crippen LogP contribution in [0.5, 0.6) is 0 Å². The van der Waals surface area contributed by atoms with Gasteiger partial charge in [0.2, 0.25) is 11.8 Å². The Balaban J connectivity index is 1.90. The fourth-order valence-corrected chi connectivity index (χ4v) is 2.67. The number of rotatable bonds is 4. The molecule has 1 aliphatic heterocycles. The van der Waals surface area contributed by atoms with Crippen molar-refractivity contribution in [1.29, 1.82) is 0 Å². The first-order valence-electron chi connectivity index (χ1n) is 7.92. The molecule has 0 bridgehead atoms. The van der Waals surface area contributed by atoms with E-state index in [2.05, 4.69) is 5.32 Å². The van der Waals surface area contributed by atoms with Crippen LogP contribution >= 0.6 is 0 Å². The summed E-state index contributed by atoms with van der Waals surface area (Å²) in [7, 11) is 0. The molecule has 7 heteroatoms. The highest BCUT2D eigenvalue weighted by Gasteiger charge is 2.58. The van der Waals surface area contributed by atoms with E-state index in [9.17, 15) is 14.4 Å². The van der Waals surface area contributed by atoms with Gasteiger partial charge in [0, 0.05) is 32.2 Å². The molecule has 0 aromatic heterocycles. The van der Waals surface area contributed by atoms with E-state index in [-0.39, 0.29) is 23.9 Å². The van der Waals surface area contributed by atoms with Gasteiger partial charge in [0.25, 0.3) is 0 Å². The van der Waals surface area contributed by atoms with Gasteiger partial charge < -0.3 is 19.9 Å². The molecule has 7 nitrogen and oxygen atoms in total. The monoisotopic (exact) mass is 311 g/mol. The molecule has 0 spiro atoms. The molecule has 0 unspecified atom stereocenters. The molecule has 1 saturated heterocycles. The number of piperazine rings is 1. The zero-order valence-corrected chi connectivity index (χ0v) is 13.6. The molecule has 3 amide bonds. The van der Waals surface area contributed by atoms with Gasteiger partial charge in [-0.15, -0.1) is 0 Å². The fourth-order valence-electron chi connectivity index (χ4n) is 2.67. The molecule has 0 aromatic carbocycles. The Labute approximate surface area is 131 Å². The Morgan fingerprint density at radius 3 is 2.09 bits per heavy atom. The maximum absolute atomic E-state index is 12.6. The number of nitrogens with zero attached hydrogens (tertiary/aromatic N) is 2. The van der Waals surface area contributed by atoms with Gasteiger partial charge in [-0.25, -0.2) is 4.79 Å². The average Bonchev–Trinajstić information content (AvgIpc) is 3.28. The van der Waals surface area contributed by atoms with Crippen LogP contribution in [-0.4, -0.2) is 66.5 Å². The Morgan fingerprint density at radius 1 is 1.09 bits per heavy atom. The normalized spacial score (nSPS) is 19.8. The second-order valence-corrected chi connectivity index (χ2v) is 6.19. The minimum Gasteiger partial charge on any atom is -0.450 e. The maximum Gasteiger partial charge on any atom is 0.409 e. The van der Waals surface area contributed by atoms with Gasteiger partial charge in [-0.05, 0) is 33.6 Å². The molecule has 1 aliphatic carbocycles. The number of ether oxygens (including phenoxy) is 1. The van der Waals surface area contributed by atoms with Crippen molar-refractivity contribution in [3.63, 3.8) is 0 Å². The van der Waals surface area contributed by atoms with Crippen molar-refractivity contribution < 1.29 is 19.1 Å². The molecule has 22 heavy (non-hydrogen) atoms. The van der Waals surface area contributed by atoms with Crippen LogP contribution in [0.15, 0.2) is 0 Å². The number of carbonyl (C=O) groups is 3. The summed E-state index contributed by atoms with van der Waals surface area (Å²) >= 11 is 0. The van der Waals surface area contributed by atoms with E-state index in [4.69, 9.17) is 4.74 Å². The van der Waals surface area contributed by atoms with Crippen LogP contribution in [0.3, 0.4) is 0 Å². The Bertz CT molecular complexity index is 452. The molecule has 2 fully saturated rings. The maximum atomic E-state index is 12.6. The summed E-state index contributed by atoms with van der Waals surface area (Å²) in [5.74, 6) is -0.269. The van der Waals surface area contributed by atoms with Crippen molar-refractivity contribution >= 4 is 17.9 Å². The highest BCUT2D eigenvalue weighted by atomic mass is 16.6. The molecule has 0 radical (unpaired) electrons. The molecule has 1 N–H and O–H groups in total. The van der Waals surface area contributed by atoms with E-state index in [1.807, 2.05) is 13.8 Å². The van der Waals surface area contributed by atoms with Gasteiger partial charge in [0.15, 0.2) is 0 Å². The van der Waals surface area contributed by atoms with Crippen LogP contribution in [-0.2, 0) is 14.3 Å². The zero-order chi connectivity index (χ0) is 16.3. The predicted molar refractivity (Wildman–Crippen MR) is 80.1 cm³/mol. The summed E-state index contributed by atoms with van der Waals surface area (Å²) in [6.45, 7) is 7.69. The first kappa shape index (κ1) is 16.6. The van der Waals surface area contributed by atoms with Gasteiger partial charge in [0.1, 0.15) is 5.41 Å². The first-order chi connectivity index (χ1) is 10.4. The molecule has 2 aliphatic rings. The van der Waals surface area contributed by atoms with E-state index in [1.165, 1.54) is 0 Å². The van der Waals surface area contributed by atoms with Gasteiger partial charge in [-0.3, -0.25) is 9.59 Å². The number of amides is 3. The summed E-state index contributed by atoms with van der Waals surface area (Å²) in [6, 6.07) is 0.0263. The number of hydrogen-bond donors (Lipinski definition) is 1. The van der Waals surface area contributed by atoms with Gasteiger partial charge >= 0.3 is 6.09 Å². The first-order valence-corrected chi connectivity index (χ1v) is 7.92. The van der Waals surface area contributed by atoms with Crippen molar-refractivity contribution in [3.05, 3.63) is 0 Å². The minimum atomic E-state index is -0.865. The van der Waals surface area contributed by atoms with E-state index < -0.39 is 5.41 Å². The molecule has 1 heterocycles. The molecule has 1 saturated carbocycles. The second kappa shape index (κ2) is 6.54. The molecule has 0 atom stereocenters. The zero-order valence-electron chi connectivity index (χ0n) is 13.6. The minimum absolute atomic E-state index is 0.0263. The highest BCUT2D eigenvalue weighted by molar-refractivity contribution is 6.08. The summed E-state index contributed by atoms with van der Waals surface area (Å²) in [6.07, 6.45) is 0.888. The molecule has 0 aromatic rings. The quantitative estimate of drug-likeness (QED) is 0.771. The SMILES string of the molecule is CCOC(=O)N1CCN(C(=O)C2(C(=O)NC(C)C)CC2)CC1. The number of nitrogens with one attached hydrogen (secondary N) is 1. The van der Waals surface area contributed by atoms with Crippen molar-refractivity contribution in [3.8, 4) is 0 Å². The summed E-state index contributed by atoms with van der Waals surface area (Å²) in [5, 5.41) is 2.84. The van der Waals surface area contributed by atoms with Crippen LogP contribution in [0.25, 0.3) is 0 Å². The lowest BCUT2D eigenvalue weighted by Crippen LogP contribution is -2.54. The molecular formula is C15H25N3O4. The van der Waals surface area contributed by atoms with Crippen LogP contribution in [0.1, 0.15) is 33.6 Å². The van der Waals surface area contributed by atoms with E-state index in [0.717, 1.165) is 0 Å². The lowest BCUT2D eigenvalue weighted by atomic mass is 10.0. The van der Waals surface area contributed by atoms with Crippen LogP contribution in [0.2, 0.25) is 0 Å². The molecule has 2 rings (SSSR count). The van der Waals surface area contributed by atoms with Gasteiger partial charge in [0.05, 0.1) is 6.61 Å². The van der Waals surface area contributed by atoms with Crippen molar-refractivity contribution in [2.24, 2.45) is 5.41 Å². The van der Waals surface area contributed by atoms with Crippen molar-refractivity contribution in [1.82, 2.24) is 15.1 Å². The molecular weight excluding hydrogens is 286 g/mol. The average molecular weight is 311 g/mol. The van der Waals surface area contributed by atoms with Crippen molar-refractivity contribution in [2.75, 3.05) is 32.8 Å². The topological polar surface area (TPSA) is 79.0 Å². The predicted octanol–water partition coefficient (Wildman–Crippen LogP) is 0.592. The Kier molecular flexibility index (Phi) is 4.93. The summed E-state index contributed by atoms with van der Waals surface area (Å²) in [5.41, 5.74) is -0.865. The van der Waals surface area contributed by atoms with E-state index in [0.29, 0.717) is 45.6 Å². The Hall–Kier alpha value is -1.79. The lowest BCUT2D eigenvalue weighted by Gasteiger charge is -2.35. The van der Waals surface area contributed by atoms with Crippen molar-refractivity contribution in [2.45, 2.75) is 39.7 Å². The number of carbonyl (C=O) groups excluding carboxylic acids is 3. The molecule has 124 valence electrons. The van der Waals surface area contributed by atoms with E-state index in [1.54, 1.807) is 16.7 Å². The summed E-state index contributed by atoms with van der Waals surface area (Å²) < 4.78 is 4.96. The van der Waals surface area contributed by atoms with Gasteiger partial charge in [-0.2, -0.15) is 0 Å². The summed E-state index contributed by atoms with van der Waals surface area (Å²) in [4.78, 5) is 39.8. The Morgan fingerprint density at radius 2 is 1.64 bits per heavy atom. The lowest BCUT2D eigenvalue weighted by molar-refractivity contribution is -0.145. The smallest absolute Gasteiger partial charge is 0.409 e. The van der Waals surface area contributed by atoms with Crippen LogP contribution in [0.4, 0.5) is 4.79 Å². The largest absolute Gasteiger partial charge is 0.450 e. The fraction of sp³-hybridized carbons (Fsp3) is 0.800. The third kappa shape index (κ3) is 3.34. The number of hydrogen-bond acceptors (Lipinski definition) is 4. The third-order valence-corrected chi connectivity index (χ3v) is 4.11. The van der Waals surface area contributed by atoms with Crippen LogP contribution < -0.4 is 5.32 Å².